The van der Waals surface area contributed by atoms with Gasteiger partial charge >= 0.3 is 5.97 Å². The highest BCUT2D eigenvalue weighted by molar-refractivity contribution is 7.22. The van der Waals surface area contributed by atoms with Crippen LogP contribution in [-0.2, 0) is 4.74 Å². The molecule has 0 atom stereocenters. The van der Waals surface area contributed by atoms with Gasteiger partial charge in [0.1, 0.15) is 0 Å². The van der Waals surface area contributed by atoms with Gasteiger partial charge in [0.15, 0.2) is 5.13 Å². The molecule has 3 rings (SSSR count). The predicted octanol–water partition coefficient (Wildman–Crippen LogP) is 3.99. The third kappa shape index (κ3) is 4.81. The van der Waals surface area contributed by atoms with Gasteiger partial charge < -0.3 is 9.64 Å². The summed E-state index contributed by atoms with van der Waals surface area (Å²) in [5.41, 5.74) is 2.95. The van der Waals surface area contributed by atoms with E-state index in [1.165, 1.54) is 18.4 Å². The number of amides is 1. The van der Waals surface area contributed by atoms with Crippen LogP contribution in [0, 0.1) is 6.92 Å². The van der Waals surface area contributed by atoms with Gasteiger partial charge in [0, 0.05) is 12.1 Å². The molecule has 152 valence electrons. The minimum Gasteiger partial charge on any atom is -0.465 e. The summed E-state index contributed by atoms with van der Waals surface area (Å²) in [5.74, 6) is -0.551. The van der Waals surface area contributed by atoms with E-state index in [4.69, 9.17) is 9.72 Å². The molecule has 0 spiro atoms. The van der Waals surface area contributed by atoms with Crippen LogP contribution in [0.4, 0.5) is 5.13 Å². The lowest BCUT2D eigenvalue weighted by Crippen LogP contribution is -2.33. The summed E-state index contributed by atoms with van der Waals surface area (Å²) in [6.45, 7) is 3.46. The molecule has 0 saturated heterocycles. The van der Waals surface area contributed by atoms with Crippen molar-refractivity contribution in [2.24, 2.45) is 0 Å². The quantitative estimate of drug-likeness (QED) is 0.550. The maximum Gasteiger partial charge on any atom is 0.337 e. The number of aromatic nitrogens is 1. The molecule has 0 bridgehead atoms. The fourth-order valence-electron chi connectivity index (χ4n) is 3.04. The number of methoxy groups -OCH3 is 1. The van der Waals surface area contributed by atoms with Gasteiger partial charge in [-0.3, -0.25) is 9.69 Å². The first-order valence-corrected chi connectivity index (χ1v) is 10.2. The lowest BCUT2D eigenvalue weighted by atomic mass is 10.1. The number of thiazole rings is 1. The number of benzene rings is 2. The zero-order chi connectivity index (χ0) is 21.0. The molecule has 3 aromatic rings. The van der Waals surface area contributed by atoms with Crippen molar-refractivity contribution in [3.63, 3.8) is 0 Å². The van der Waals surface area contributed by atoms with Crippen LogP contribution >= 0.6 is 11.3 Å². The van der Waals surface area contributed by atoms with Crippen molar-refractivity contribution in [2.45, 2.75) is 13.3 Å². The van der Waals surface area contributed by atoms with E-state index in [2.05, 4.69) is 4.90 Å². The minimum absolute atomic E-state index is 0.128. The van der Waals surface area contributed by atoms with Crippen molar-refractivity contribution in [1.82, 2.24) is 9.88 Å². The Kier molecular flexibility index (Phi) is 6.61. The Bertz CT molecular complexity index is 1010. The molecule has 1 aromatic heterocycles. The Morgan fingerprint density at radius 2 is 1.72 bits per heavy atom. The highest BCUT2D eigenvalue weighted by Gasteiger charge is 2.22. The van der Waals surface area contributed by atoms with Gasteiger partial charge in [-0.25, -0.2) is 9.78 Å². The number of ether oxygens (including phenoxy) is 1. The molecule has 0 aliphatic rings. The minimum atomic E-state index is -0.423. The SMILES string of the molecule is COC(=O)c1ccc(C(=O)N(CCCN(C)C)c2nc3c(C)cccc3s2)cc1. The normalized spacial score (nSPS) is 11.1. The smallest absolute Gasteiger partial charge is 0.337 e. The van der Waals surface area contributed by atoms with Crippen molar-refractivity contribution < 1.29 is 14.3 Å². The van der Waals surface area contributed by atoms with Crippen LogP contribution in [0.15, 0.2) is 42.5 Å². The molecular weight excluding hydrogens is 386 g/mol. The average molecular weight is 412 g/mol. The van der Waals surface area contributed by atoms with Gasteiger partial charge in [-0.15, -0.1) is 0 Å². The summed E-state index contributed by atoms with van der Waals surface area (Å²) < 4.78 is 5.79. The largest absolute Gasteiger partial charge is 0.465 e. The molecule has 6 nitrogen and oxygen atoms in total. The van der Waals surface area contributed by atoms with Crippen molar-refractivity contribution in [2.75, 3.05) is 39.2 Å². The predicted molar refractivity (Wildman–Crippen MR) is 117 cm³/mol. The lowest BCUT2D eigenvalue weighted by Gasteiger charge is -2.21. The Hall–Kier alpha value is -2.77. The Labute approximate surface area is 174 Å². The molecule has 7 heteroatoms. The number of esters is 1. The van der Waals surface area contributed by atoms with Gasteiger partial charge in [0.2, 0.25) is 0 Å². The number of para-hydroxylation sites is 1. The summed E-state index contributed by atoms with van der Waals surface area (Å²) in [7, 11) is 5.36. The van der Waals surface area contributed by atoms with Gasteiger partial charge in [0.25, 0.3) is 5.91 Å². The second-order valence-corrected chi connectivity index (χ2v) is 8.11. The molecule has 1 heterocycles. The second kappa shape index (κ2) is 9.15. The Balaban J connectivity index is 1.92. The number of hydrogen-bond donors (Lipinski definition) is 0. The van der Waals surface area contributed by atoms with Gasteiger partial charge in [-0.2, -0.15) is 0 Å². The highest BCUT2D eigenvalue weighted by atomic mass is 32.1. The van der Waals surface area contributed by atoms with Crippen LogP contribution in [0.1, 0.15) is 32.7 Å². The molecule has 0 unspecified atom stereocenters. The summed E-state index contributed by atoms with van der Waals surface area (Å²) >= 11 is 1.52. The number of carbonyl (C=O) groups is 2. The summed E-state index contributed by atoms with van der Waals surface area (Å²) in [6, 6.07) is 12.6. The van der Waals surface area contributed by atoms with Crippen LogP contribution in [0.2, 0.25) is 0 Å². The molecule has 0 fully saturated rings. The molecule has 2 aromatic carbocycles. The maximum atomic E-state index is 13.3. The van der Waals surface area contributed by atoms with Crippen LogP contribution in [0.3, 0.4) is 0 Å². The van der Waals surface area contributed by atoms with Crippen LogP contribution < -0.4 is 4.90 Å². The second-order valence-electron chi connectivity index (χ2n) is 7.10. The van der Waals surface area contributed by atoms with E-state index in [1.807, 2.05) is 39.2 Å². The number of aryl methyl sites for hydroxylation is 1. The summed E-state index contributed by atoms with van der Waals surface area (Å²) in [4.78, 5) is 33.5. The number of fused-ring (bicyclic) bond motifs is 1. The highest BCUT2D eigenvalue weighted by Crippen LogP contribution is 2.31. The van der Waals surface area contributed by atoms with E-state index in [0.29, 0.717) is 22.8 Å². The third-order valence-corrected chi connectivity index (χ3v) is 5.67. The van der Waals surface area contributed by atoms with Crippen molar-refractivity contribution >= 4 is 38.6 Å². The Morgan fingerprint density at radius 3 is 2.34 bits per heavy atom. The molecule has 29 heavy (non-hydrogen) atoms. The molecule has 0 saturated carbocycles. The van der Waals surface area contributed by atoms with Crippen molar-refractivity contribution in [3.8, 4) is 0 Å². The zero-order valence-electron chi connectivity index (χ0n) is 17.1. The van der Waals surface area contributed by atoms with E-state index in [0.717, 1.165) is 28.7 Å². The van der Waals surface area contributed by atoms with Gasteiger partial charge in [-0.1, -0.05) is 23.5 Å². The standard InChI is InChI=1S/C22H25N3O3S/c1-15-7-5-8-18-19(15)23-22(29-18)25(14-6-13-24(2)3)20(26)16-9-11-17(12-10-16)21(27)28-4/h5,7-12H,6,13-14H2,1-4H3. The first-order valence-electron chi connectivity index (χ1n) is 9.42. The lowest BCUT2D eigenvalue weighted by molar-refractivity contribution is 0.0600. The first kappa shape index (κ1) is 21.0. The number of rotatable bonds is 7. The third-order valence-electron chi connectivity index (χ3n) is 4.63. The number of anilines is 1. The molecular formula is C22H25N3O3S. The van der Waals surface area contributed by atoms with Crippen LogP contribution in [0.25, 0.3) is 10.2 Å². The average Bonchev–Trinajstić information content (AvgIpc) is 3.15. The van der Waals surface area contributed by atoms with E-state index in [-0.39, 0.29) is 5.91 Å². The number of carbonyl (C=O) groups excluding carboxylic acids is 2. The summed E-state index contributed by atoms with van der Waals surface area (Å²) in [5, 5.41) is 0.690. The van der Waals surface area contributed by atoms with Gasteiger partial charge in [-0.05, 0) is 69.9 Å². The van der Waals surface area contributed by atoms with Crippen LogP contribution in [-0.4, -0.2) is 56.1 Å². The van der Waals surface area contributed by atoms with Gasteiger partial charge in [0.05, 0.1) is 22.9 Å². The first-order chi connectivity index (χ1) is 13.9. The topological polar surface area (TPSA) is 62.7 Å². The van der Waals surface area contributed by atoms with E-state index < -0.39 is 5.97 Å². The summed E-state index contributed by atoms with van der Waals surface area (Å²) in [6.07, 6.45) is 0.827. The molecule has 0 aliphatic carbocycles. The monoisotopic (exact) mass is 411 g/mol. The Morgan fingerprint density at radius 1 is 1.03 bits per heavy atom. The van der Waals surface area contributed by atoms with E-state index in [9.17, 15) is 9.59 Å². The van der Waals surface area contributed by atoms with Crippen molar-refractivity contribution in [1.29, 1.82) is 0 Å². The number of hydrogen-bond acceptors (Lipinski definition) is 6. The van der Waals surface area contributed by atoms with E-state index >= 15 is 0 Å². The van der Waals surface area contributed by atoms with E-state index in [1.54, 1.807) is 29.2 Å². The van der Waals surface area contributed by atoms with Crippen LogP contribution in [0.5, 0.6) is 0 Å². The molecule has 0 aliphatic heterocycles. The zero-order valence-corrected chi connectivity index (χ0v) is 18.0. The molecule has 1 amide bonds. The molecule has 0 radical (unpaired) electrons. The fraction of sp³-hybridized carbons (Fsp3) is 0.318. The maximum absolute atomic E-state index is 13.3. The number of nitrogens with zero attached hydrogens (tertiary/aromatic N) is 3. The molecule has 0 N–H and O–H groups in total. The fourth-order valence-corrected chi connectivity index (χ4v) is 4.11. The van der Waals surface area contributed by atoms with Crippen molar-refractivity contribution in [3.05, 3.63) is 59.2 Å².